The van der Waals surface area contributed by atoms with Crippen molar-refractivity contribution in [2.24, 2.45) is 0 Å². The number of amides is 1. The molecule has 1 amide bonds. The molecule has 122 valence electrons. The number of nitrogens with one attached hydrogen (secondary N) is 1. The molecule has 5 heteroatoms. The molecule has 2 heterocycles. The summed E-state index contributed by atoms with van der Waals surface area (Å²) in [6, 6.07) is 7.61. The van der Waals surface area contributed by atoms with Crippen molar-refractivity contribution in [1.82, 2.24) is 9.38 Å². The molecule has 0 aliphatic heterocycles. The van der Waals surface area contributed by atoms with Gasteiger partial charge in [-0.3, -0.25) is 14.0 Å². The zero-order chi connectivity index (χ0) is 17.4. The van der Waals surface area contributed by atoms with Crippen LogP contribution in [0.1, 0.15) is 32.6 Å². The Morgan fingerprint density at radius 1 is 1.04 bits per heavy atom. The van der Waals surface area contributed by atoms with E-state index in [1.165, 1.54) is 10.6 Å². The molecule has 0 saturated heterocycles. The third kappa shape index (κ3) is 2.80. The van der Waals surface area contributed by atoms with Gasteiger partial charge in [-0.25, -0.2) is 4.98 Å². The summed E-state index contributed by atoms with van der Waals surface area (Å²) in [7, 11) is 0. The summed E-state index contributed by atoms with van der Waals surface area (Å²) in [5, 5.41) is 2.85. The van der Waals surface area contributed by atoms with Gasteiger partial charge in [-0.15, -0.1) is 0 Å². The summed E-state index contributed by atoms with van der Waals surface area (Å²) in [5.74, 6) is -0.447. The van der Waals surface area contributed by atoms with Gasteiger partial charge in [0, 0.05) is 18.1 Å². The number of aryl methyl sites for hydroxylation is 4. The molecule has 5 nitrogen and oxygen atoms in total. The average Bonchev–Trinajstić information content (AvgIpc) is 2.50. The molecule has 0 fully saturated rings. The van der Waals surface area contributed by atoms with Crippen LogP contribution in [-0.2, 0) is 0 Å². The summed E-state index contributed by atoms with van der Waals surface area (Å²) in [6.07, 6.45) is 2.98. The fourth-order valence-corrected chi connectivity index (χ4v) is 2.89. The van der Waals surface area contributed by atoms with Crippen LogP contribution in [0.15, 0.2) is 41.5 Å². The molecule has 0 saturated carbocycles. The van der Waals surface area contributed by atoms with E-state index < -0.39 is 5.91 Å². The number of hydrogen-bond acceptors (Lipinski definition) is 3. The van der Waals surface area contributed by atoms with E-state index in [9.17, 15) is 9.59 Å². The van der Waals surface area contributed by atoms with E-state index in [1.807, 2.05) is 45.9 Å². The van der Waals surface area contributed by atoms with Gasteiger partial charge in [0.2, 0.25) is 0 Å². The zero-order valence-electron chi connectivity index (χ0n) is 14.2. The number of rotatable bonds is 2. The Morgan fingerprint density at radius 2 is 1.71 bits per heavy atom. The van der Waals surface area contributed by atoms with Crippen molar-refractivity contribution in [3.8, 4) is 0 Å². The van der Waals surface area contributed by atoms with Gasteiger partial charge in [0.15, 0.2) is 0 Å². The molecule has 3 rings (SSSR count). The van der Waals surface area contributed by atoms with Crippen molar-refractivity contribution in [3.63, 3.8) is 0 Å². The molecule has 1 aromatic carbocycles. The molecule has 2 aromatic heterocycles. The predicted molar refractivity (Wildman–Crippen MR) is 94.8 cm³/mol. The van der Waals surface area contributed by atoms with Crippen LogP contribution in [0, 0.1) is 27.7 Å². The highest BCUT2D eigenvalue weighted by Gasteiger charge is 2.15. The normalized spacial score (nSPS) is 10.8. The largest absolute Gasteiger partial charge is 0.321 e. The number of nitrogens with zero attached hydrogens (tertiary/aromatic N) is 2. The molecule has 0 unspecified atom stereocenters. The third-order valence-electron chi connectivity index (χ3n) is 4.03. The Hall–Kier alpha value is -2.95. The fraction of sp³-hybridized carbons (Fsp3) is 0.211. The number of anilines is 1. The van der Waals surface area contributed by atoms with E-state index in [0.29, 0.717) is 5.65 Å². The summed E-state index contributed by atoms with van der Waals surface area (Å²) >= 11 is 0. The highest BCUT2D eigenvalue weighted by molar-refractivity contribution is 6.04. The lowest BCUT2D eigenvalue weighted by Gasteiger charge is -2.13. The predicted octanol–water partition coefficient (Wildman–Crippen LogP) is 3.18. The second-order valence-corrected chi connectivity index (χ2v) is 6.14. The van der Waals surface area contributed by atoms with E-state index in [4.69, 9.17) is 0 Å². The van der Waals surface area contributed by atoms with Crippen LogP contribution in [0.5, 0.6) is 0 Å². The average molecular weight is 321 g/mol. The number of pyridine rings is 1. The first-order valence-electron chi connectivity index (χ1n) is 7.74. The maximum atomic E-state index is 12.6. The van der Waals surface area contributed by atoms with Crippen LogP contribution in [0.25, 0.3) is 5.65 Å². The van der Waals surface area contributed by atoms with Gasteiger partial charge in [0.05, 0.1) is 0 Å². The smallest absolute Gasteiger partial charge is 0.270 e. The van der Waals surface area contributed by atoms with Gasteiger partial charge >= 0.3 is 0 Å². The second kappa shape index (κ2) is 5.92. The fourth-order valence-electron chi connectivity index (χ4n) is 2.89. The first-order valence-corrected chi connectivity index (χ1v) is 7.74. The number of benzene rings is 1. The van der Waals surface area contributed by atoms with Gasteiger partial charge in [-0.1, -0.05) is 17.7 Å². The van der Waals surface area contributed by atoms with Crippen molar-refractivity contribution in [1.29, 1.82) is 0 Å². The lowest BCUT2D eigenvalue weighted by molar-refractivity contribution is 0.102. The topological polar surface area (TPSA) is 63.5 Å². The van der Waals surface area contributed by atoms with Crippen LogP contribution in [0.3, 0.4) is 0 Å². The van der Waals surface area contributed by atoms with Gasteiger partial charge < -0.3 is 5.32 Å². The maximum absolute atomic E-state index is 12.6. The monoisotopic (exact) mass is 321 g/mol. The summed E-state index contributed by atoms with van der Waals surface area (Å²) in [6.45, 7) is 7.80. The molecule has 0 atom stereocenters. The van der Waals surface area contributed by atoms with Gasteiger partial charge in [-0.05, 0) is 56.5 Å². The lowest BCUT2D eigenvalue weighted by Crippen LogP contribution is -2.27. The Balaban J connectivity index is 2.02. The van der Waals surface area contributed by atoms with Crippen LogP contribution in [-0.4, -0.2) is 15.3 Å². The highest BCUT2D eigenvalue weighted by Crippen LogP contribution is 2.22. The first-order chi connectivity index (χ1) is 11.4. The highest BCUT2D eigenvalue weighted by atomic mass is 16.2. The van der Waals surface area contributed by atoms with Crippen LogP contribution >= 0.6 is 0 Å². The van der Waals surface area contributed by atoms with Crippen molar-refractivity contribution < 1.29 is 4.79 Å². The van der Waals surface area contributed by atoms with Gasteiger partial charge in [-0.2, -0.15) is 0 Å². The molecule has 0 bridgehead atoms. The Morgan fingerprint density at radius 3 is 2.38 bits per heavy atom. The number of hydrogen-bond donors (Lipinski definition) is 1. The molecule has 3 aromatic rings. The SMILES string of the molecule is Cc1cc(C)c(NC(=O)c2cnc3cc(C)ccn3c2=O)c(C)c1. The van der Waals surface area contributed by atoms with Crippen LogP contribution in [0.2, 0.25) is 0 Å². The number of carbonyl (C=O) groups is 1. The van der Waals surface area contributed by atoms with Crippen molar-refractivity contribution >= 4 is 17.2 Å². The van der Waals surface area contributed by atoms with E-state index >= 15 is 0 Å². The molecular weight excluding hydrogens is 302 g/mol. The minimum Gasteiger partial charge on any atom is -0.321 e. The van der Waals surface area contributed by atoms with E-state index in [-0.39, 0.29) is 11.1 Å². The minimum absolute atomic E-state index is 0.0238. The Bertz CT molecular complexity index is 996. The maximum Gasteiger partial charge on any atom is 0.270 e. The molecule has 24 heavy (non-hydrogen) atoms. The summed E-state index contributed by atoms with van der Waals surface area (Å²) < 4.78 is 1.39. The summed E-state index contributed by atoms with van der Waals surface area (Å²) in [5.41, 5.74) is 4.97. The number of carbonyl (C=O) groups excluding carboxylic acids is 1. The minimum atomic E-state index is -0.447. The second-order valence-electron chi connectivity index (χ2n) is 6.14. The standard InChI is InChI=1S/C19H19N3O2/c1-11-5-6-22-16(9-11)20-10-15(19(22)24)18(23)21-17-13(3)7-12(2)8-14(17)4/h5-10H,1-4H3,(H,21,23). The van der Waals surface area contributed by atoms with Gasteiger partial charge in [0.25, 0.3) is 11.5 Å². The van der Waals surface area contributed by atoms with Crippen molar-refractivity contribution in [3.05, 3.63) is 74.8 Å². The third-order valence-corrected chi connectivity index (χ3v) is 4.03. The Kier molecular flexibility index (Phi) is 3.93. The van der Waals surface area contributed by atoms with Crippen LogP contribution < -0.4 is 10.9 Å². The molecular formula is C19H19N3O2. The van der Waals surface area contributed by atoms with Crippen LogP contribution in [0.4, 0.5) is 5.69 Å². The quantitative estimate of drug-likeness (QED) is 0.788. The summed E-state index contributed by atoms with van der Waals surface area (Å²) in [4.78, 5) is 29.4. The lowest BCUT2D eigenvalue weighted by atomic mass is 10.0. The number of fused-ring (bicyclic) bond motifs is 1. The zero-order valence-corrected chi connectivity index (χ0v) is 14.2. The molecule has 0 aliphatic carbocycles. The Labute approximate surface area is 140 Å². The molecule has 1 N–H and O–H groups in total. The van der Waals surface area contributed by atoms with E-state index in [2.05, 4.69) is 10.3 Å². The first kappa shape index (κ1) is 15.9. The van der Waals surface area contributed by atoms with E-state index in [0.717, 1.165) is 27.9 Å². The van der Waals surface area contributed by atoms with Gasteiger partial charge in [0.1, 0.15) is 11.2 Å². The molecule has 0 spiro atoms. The molecule has 0 radical (unpaired) electrons. The van der Waals surface area contributed by atoms with E-state index in [1.54, 1.807) is 12.3 Å². The van der Waals surface area contributed by atoms with Crippen molar-refractivity contribution in [2.45, 2.75) is 27.7 Å². The van der Waals surface area contributed by atoms with Crippen molar-refractivity contribution in [2.75, 3.05) is 5.32 Å². The number of aromatic nitrogens is 2. The molecule has 0 aliphatic rings.